The van der Waals surface area contributed by atoms with Crippen LogP contribution >= 0.6 is 11.6 Å². The third-order valence-electron chi connectivity index (χ3n) is 4.03. The second-order valence-electron chi connectivity index (χ2n) is 5.72. The van der Waals surface area contributed by atoms with Crippen LogP contribution in [0, 0.1) is 6.92 Å². The zero-order valence-electron chi connectivity index (χ0n) is 13.7. The lowest BCUT2D eigenvalue weighted by molar-refractivity contribution is -0.129. The fourth-order valence-corrected chi connectivity index (χ4v) is 2.87. The van der Waals surface area contributed by atoms with E-state index in [-0.39, 0.29) is 5.91 Å². The van der Waals surface area contributed by atoms with Crippen molar-refractivity contribution in [1.82, 2.24) is 20.1 Å². The molecule has 24 heavy (non-hydrogen) atoms. The van der Waals surface area contributed by atoms with E-state index in [4.69, 9.17) is 11.6 Å². The molecule has 0 unspecified atom stereocenters. The lowest BCUT2D eigenvalue weighted by Gasteiger charge is -2.34. The molecule has 0 bridgehead atoms. The third-order valence-corrected chi connectivity index (χ3v) is 4.27. The molecule has 1 amide bonds. The lowest BCUT2D eigenvalue weighted by atomic mass is 10.2. The first-order valence-corrected chi connectivity index (χ1v) is 8.14. The summed E-state index contributed by atoms with van der Waals surface area (Å²) in [5.74, 6) is 1.30. The normalized spacial score (nSPS) is 14.6. The van der Waals surface area contributed by atoms with Gasteiger partial charge in [0.2, 0.25) is 11.9 Å². The van der Waals surface area contributed by atoms with Gasteiger partial charge in [-0.2, -0.15) is 10.1 Å². The molecule has 2 aromatic rings. The summed E-state index contributed by atoms with van der Waals surface area (Å²) < 4.78 is 0. The van der Waals surface area contributed by atoms with Gasteiger partial charge in [0.15, 0.2) is 5.82 Å². The average Bonchev–Trinajstić information content (AvgIpc) is 2.58. The Morgan fingerprint density at radius 1 is 1.25 bits per heavy atom. The van der Waals surface area contributed by atoms with Crippen molar-refractivity contribution >= 4 is 35.0 Å². The summed E-state index contributed by atoms with van der Waals surface area (Å²) >= 11 is 5.97. The Bertz CT molecular complexity index is 745. The van der Waals surface area contributed by atoms with E-state index in [0.717, 1.165) is 30.2 Å². The Morgan fingerprint density at radius 2 is 2.00 bits per heavy atom. The van der Waals surface area contributed by atoms with Crippen molar-refractivity contribution in [2.24, 2.45) is 0 Å². The van der Waals surface area contributed by atoms with Gasteiger partial charge >= 0.3 is 0 Å². The maximum absolute atomic E-state index is 11.4. The first-order chi connectivity index (χ1) is 11.5. The highest BCUT2D eigenvalue weighted by atomic mass is 35.5. The monoisotopic (exact) mass is 346 g/mol. The molecule has 0 atom stereocenters. The maximum atomic E-state index is 11.4. The zero-order valence-corrected chi connectivity index (χ0v) is 14.4. The molecule has 1 aliphatic heterocycles. The standard InChI is InChI=1S/C16H19ClN6O/c1-11-9-13(17)3-4-14(11)19-16-20-15(10-18-21-16)23-7-5-22(6-8-23)12(2)24/h3-4,9-10H,5-8H2,1-2H3,(H,19,20,21). The first-order valence-electron chi connectivity index (χ1n) is 7.76. The number of nitrogens with zero attached hydrogens (tertiary/aromatic N) is 5. The van der Waals surface area contributed by atoms with Crippen LogP contribution in [-0.4, -0.2) is 52.2 Å². The molecule has 0 spiro atoms. The highest BCUT2D eigenvalue weighted by Gasteiger charge is 2.20. The Labute approximate surface area is 145 Å². The summed E-state index contributed by atoms with van der Waals surface area (Å²) in [5, 5.41) is 11.9. The average molecular weight is 347 g/mol. The number of halogens is 1. The van der Waals surface area contributed by atoms with Crippen LogP contribution in [0.1, 0.15) is 12.5 Å². The van der Waals surface area contributed by atoms with Gasteiger partial charge in [-0.1, -0.05) is 11.6 Å². The van der Waals surface area contributed by atoms with Crippen LogP contribution in [0.4, 0.5) is 17.5 Å². The van der Waals surface area contributed by atoms with Crippen LogP contribution in [0.15, 0.2) is 24.4 Å². The van der Waals surface area contributed by atoms with Crippen molar-refractivity contribution in [3.63, 3.8) is 0 Å². The predicted molar refractivity (Wildman–Crippen MR) is 93.8 cm³/mol. The molecule has 2 heterocycles. The molecule has 8 heteroatoms. The van der Waals surface area contributed by atoms with Gasteiger partial charge < -0.3 is 15.1 Å². The molecule has 0 aliphatic carbocycles. The van der Waals surface area contributed by atoms with Gasteiger partial charge in [0.05, 0.1) is 6.20 Å². The predicted octanol–water partition coefficient (Wildman–Crippen LogP) is 2.25. The molecule has 1 fully saturated rings. The Hall–Kier alpha value is -2.41. The van der Waals surface area contributed by atoms with E-state index in [9.17, 15) is 4.79 Å². The molecule has 1 aromatic heterocycles. The van der Waals surface area contributed by atoms with E-state index in [1.807, 2.05) is 30.0 Å². The minimum Gasteiger partial charge on any atom is -0.352 e. The summed E-state index contributed by atoms with van der Waals surface area (Å²) in [7, 11) is 0. The van der Waals surface area contributed by atoms with Crippen molar-refractivity contribution in [3.8, 4) is 0 Å². The molecule has 3 rings (SSSR count). The summed E-state index contributed by atoms with van der Waals surface area (Å²) in [6.45, 7) is 6.41. The molecule has 0 saturated carbocycles. The second kappa shape index (κ2) is 7.00. The molecule has 1 N–H and O–H groups in total. The van der Waals surface area contributed by atoms with Crippen LogP contribution in [-0.2, 0) is 4.79 Å². The number of aryl methyl sites for hydroxylation is 1. The summed E-state index contributed by atoms with van der Waals surface area (Å²) in [6, 6.07) is 5.58. The maximum Gasteiger partial charge on any atom is 0.249 e. The van der Waals surface area contributed by atoms with Gasteiger partial charge in [-0.05, 0) is 30.7 Å². The topological polar surface area (TPSA) is 74.2 Å². The number of rotatable bonds is 3. The fourth-order valence-electron chi connectivity index (χ4n) is 2.64. The van der Waals surface area contributed by atoms with Crippen molar-refractivity contribution in [2.45, 2.75) is 13.8 Å². The molecular weight excluding hydrogens is 328 g/mol. The lowest BCUT2D eigenvalue weighted by Crippen LogP contribution is -2.48. The van der Waals surface area contributed by atoms with E-state index in [1.165, 1.54) is 0 Å². The number of anilines is 3. The van der Waals surface area contributed by atoms with Crippen LogP contribution in [0.3, 0.4) is 0 Å². The van der Waals surface area contributed by atoms with Crippen LogP contribution in [0.5, 0.6) is 0 Å². The van der Waals surface area contributed by atoms with Crippen molar-refractivity contribution in [1.29, 1.82) is 0 Å². The summed E-state index contributed by atoms with van der Waals surface area (Å²) in [5.41, 5.74) is 1.89. The van der Waals surface area contributed by atoms with Gasteiger partial charge in [0.25, 0.3) is 0 Å². The molecular formula is C16H19ClN6O. The van der Waals surface area contributed by atoms with E-state index in [1.54, 1.807) is 13.1 Å². The third kappa shape index (κ3) is 3.73. The van der Waals surface area contributed by atoms with E-state index >= 15 is 0 Å². The first kappa shape index (κ1) is 16.4. The van der Waals surface area contributed by atoms with E-state index < -0.39 is 0 Å². The van der Waals surface area contributed by atoms with Crippen molar-refractivity contribution < 1.29 is 4.79 Å². The number of carbonyl (C=O) groups is 1. The SMILES string of the molecule is CC(=O)N1CCN(c2cnnc(Nc3ccc(Cl)cc3C)n2)CC1. The Kier molecular flexibility index (Phi) is 4.80. The number of benzene rings is 1. The highest BCUT2D eigenvalue weighted by molar-refractivity contribution is 6.30. The van der Waals surface area contributed by atoms with Gasteiger partial charge in [0, 0.05) is 43.8 Å². The number of hydrogen-bond acceptors (Lipinski definition) is 6. The second-order valence-corrected chi connectivity index (χ2v) is 6.15. The van der Waals surface area contributed by atoms with Crippen LogP contribution in [0.2, 0.25) is 5.02 Å². The number of nitrogens with one attached hydrogen (secondary N) is 1. The largest absolute Gasteiger partial charge is 0.352 e. The van der Waals surface area contributed by atoms with Crippen LogP contribution < -0.4 is 10.2 Å². The zero-order chi connectivity index (χ0) is 17.1. The quantitative estimate of drug-likeness (QED) is 0.918. The smallest absolute Gasteiger partial charge is 0.249 e. The minimum atomic E-state index is 0.107. The van der Waals surface area contributed by atoms with Gasteiger partial charge in [-0.25, -0.2) is 0 Å². The number of hydrogen-bond donors (Lipinski definition) is 1. The van der Waals surface area contributed by atoms with E-state index in [0.29, 0.717) is 24.1 Å². The van der Waals surface area contributed by atoms with Gasteiger partial charge in [-0.15, -0.1) is 5.10 Å². The molecule has 1 saturated heterocycles. The molecule has 1 aromatic carbocycles. The van der Waals surface area contributed by atoms with E-state index in [2.05, 4.69) is 25.4 Å². The number of aromatic nitrogens is 3. The molecule has 1 aliphatic rings. The highest BCUT2D eigenvalue weighted by Crippen LogP contribution is 2.22. The summed E-state index contributed by atoms with van der Waals surface area (Å²) in [4.78, 5) is 19.9. The fraction of sp³-hybridized carbons (Fsp3) is 0.375. The number of piperazine rings is 1. The Morgan fingerprint density at radius 3 is 2.67 bits per heavy atom. The van der Waals surface area contributed by atoms with Gasteiger partial charge in [0.1, 0.15) is 0 Å². The van der Waals surface area contributed by atoms with Crippen LogP contribution in [0.25, 0.3) is 0 Å². The minimum absolute atomic E-state index is 0.107. The summed E-state index contributed by atoms with van der Waals surface area (Å²) in [6.07, 6.45) is 1.64. The Balaban J connectivity index is 1.71. The molecule has 126 valence electrons. The number of amides is 1. The van der Waals surface area contributed by atoms with Crippen molar-refractivity contribution in [2.75, 3.05) is 36.4 Å². The van der Waals surface area contributed by atoms with Crippen molar-refractivity contribution in [3.05, 3.63) is 35.0 Å². The molecule has 0 radical (unpaired) electrons. The number of carbonyl (C=O) groups excluding carboxylic acids is 1. The molecule has 7 nitrogen and oxygen atoms in total. The van der Waals surface area contributed by atoms with Gasteiger partial charge in [-0.3, -0.25) is 4.79 Å².